The van der Waals surface area contributed by atoms with Gasteiger partial charge in [0, 0.05) is 0 Å². The van der Waals surface area contributed by atoms with Crippen LogP contribution in [0.25, 0.3) is 0 Å². The fourth-order valence-corrected chi connectivity index (χ4v) is 4.89. The van der Waals surface area contributed by atoms with E-state index in [4.69, 9.17) is 0 Å². The normalized spacial score (nSPS) is 48.4. The summed E-state index contributed by atoms with van der Waals surface area (Å²) in [5, 5.41) is 0. The van der Waals surface area contributed by atoms with E-state index >= 15 is 0 Å². The Morgan fingerprint density at radius 2 is 1.62 bits per heavy atom. The van der Waals surface area contributed by atoms with Crippen molar-refractivity contribution in [1.29, 1.82) is 0 Å². The minimum atomic E-state index is 1.01. The Hall–Kier alpha value is 0.0649. The van der Waals surface area contributed by atoms with Crippen LogP contribution < -0.4 is 0 Å². The molecule has 0 nitrogen and oxygen atoms in total. The molecule has 3 rings (SSSR count). The molecule has 1 radical (unpaired) electrons. The predicted molar refractivity (Wildman–Crippen MR) is 71.0 cm³/mol. The summed E-state index contributed by atoms with van der Waals surface area (Å²) in [7, 11) is 2.76. The van der Waals surface area contributed by atoms with Gasteiger partial charge < -0.3 is 0 Å². The number of hydrogen-bond acceptors (Lipinski definition) is 0. The van der Waals surface area contributed by atoms with Gasteiger partial charge in [-0.15, -0.1) is 0 Å². The first-order valence-corrected chi connectivity index (χ1v) is 7.69. The third kappa shape index (κ3) is 2.07. The summed E-state index contributed by atoms with van der Waals surface area (Å²) in [6, 6.07) is 0. The number of rotatable bonds is 1. The Morgan fingerprint density at radius 3 is 2.50 bits per heavy atom. The minimum Gasteiger partial charge on any atom is -0.0686 e. The zero-order valence-electron chi connectivity index (χ0n) is 10.8. The highest BCUT2D eigenvalue weighted by Gasteiger charge is 2.39. The van der Waals surface area contributed by atoms with E-state index in [1.807, 2.05) is 0 Å². The van der Waals surface area contributed by atoms with Crippen molar-refractivity contribution in [2.75, 3.05) is 0 Å². The van der Waals surface area contributed by atoms with E-state index in [0.717, 1.165) is 29.4 Å². The number of hydrogen-bond donors (Lipinski definition) is 0. The molecule has 2 bridgehead atoms. The van der Waals surface area contributed by atoms with E-state index in [9.17, 15) is 0 Å². The van der Waals surface area contributed by atoms with Gasteiger partial charge in [-0.25, -0.2) is 0 Å². The topological polar surface area (TPSA) is 0 Å². The first-order valence-electron chi connectivity index (χ1n) is 7.69. The summed E-state index contributed by atoms with van der Waals surface area (Å²) >= 11 is 0. The third-order valence-corrected chi connectivity index (χ3v) is 5.78. The summed E-state index contributed by atoms with van der Waals surface area (Å²) in [5.74, 6) is 5.19. The average molecular weight is 217 g/mol. The van der Waals surface area contributed by atoms with Gasteiger partial charge >= 0.3 is 0 Å². The molecule has 0 aromatic rings. The first kappa shape index (κ1) is 11.2. The predicted octanol–water partition coefficient (Wildman–Crippen LogP) is 4.69. The Morgan fingerprint density at radius 1 is 0.750 bits per heavy atom. The Kier molecular flexibility index (Phi) is 3.31. The molecule has 5 unspecified atom stereocenters. The molecule has 89 valence electrons. The lowest BCUT2D eigenvalue weighted by molar-refractivity contribution is 0.139. The van der Waals surface area contributed by atoms with Crippen molar-refractivity contribution >= 4 is 7.28 Å². The molecule has 3 aliphatic rings. The summed E-state index contributed by atoms with van der Waals surface area (Å²) < 4.78 is 0. The molecule has 1 saturated carbocycles. The van der Waals surface area contributed by atoms with Crippen LogP contribution in [-0.4, -0.2) is 7.28 Å². The van der Waals surface area contributed by atoms with E-state index in [2.05, 4.69) is 14.2 Å². The molecule has 16 heavy (non-hydrogen) atoms. The highest BCUT2D eigenvalue weighted by atomic mass is 14.4. The molecule has 0 amide bonds. The van der Waals surface area contributed by atoms with E-state index in [1.54, 1.807) is 12.8 Å². The van der Waals surface area contributed by atoms with E-state index in [-0.39, 0.29) is 0 Å². The van der Waals surface area contributed by atoms with Gasteiger partial charge in [0.15, 0.2) is 0 Å². The largest absolute Gasteiger partial charge is 0.118 e. The molecule has 1 heteroatoms. The molecule has 2 saturated heterocycles. The highest BCUT2D eigenvalue weighted by molar-refractivity contribution is 6.40. The van der Waals surface area contributed by atoms with Crippen molar-refractivity contribution in [1.82, 2.24) is 0 Å². The van der Waals surface area contributed by atoms with Gasteiger partial charge in [-0.1, -0.05) is 69.9 Å². The minimum absolute atomic E-state index is 1.01. The van der Waals surface area contributed by atoms with Crippen LogP contribution in [0.2, 0.25) is 11.6 Å². The van der Waals surface area contributed by atoms with Crippen molar-refractivity contribution in [2.45, 2.75) is 76.3 Å². The molecule has 0 aromatic carbocycles. The molecular formula is C15H26B. The lowest BCUT2D eigenvalue weighted by Crippen LogP contribution is -2.36. The van der Waals surface area contributed by atoms with Crippen LogP contribution in [0, 0.1) is 17.8 Å². The quantitative estimate of drug-likeness (QED) is 0.559. The lowest BCUT2D eigenvalue weighted by atomic mass is 9.39. The summed E-state index contributed by atoms with van der Waals surface area (Å²) in [6.45, 7) is 2.53. The molecular weight excluding hydrogens is 191 g/mol. The van der Waals surface area contributed by atoms with Gasteiger partial charge in [0.1, 0.15) is 7.28 Å². The van der Waals surface area contributed by atoms with Gasteiger partial charge in [0.05, 0.1) is 0 Å². The van der Waals surface area contributed by atoms with Crippen LogP contribution in [0.1, 0.15) is 64.7 Å². The van der Waals surface area contributed by atoms with Crippen molar-refractivity contribution < 1.29 is 0 Å². The molecule has 0 aromatic heterocycles. The van der Waals surface area contributed by atoms with E-state index in [1.165, 1.54) is 44.9 Å². The molecule has 2 heterocycles. The fourth-order valence-electron chi connectivity index (χ4n) is 4.89. The molecule has 0 N–H and O–H groups in total. The van der Waals surface area contributed by atoms with Gasteiger partial charge in [0.25, 0.3) is 0 Å². The third-order valence-electron chi connectivity index (χ3n) is 5.78. The van der Waals surface area contributed by atoms with Crippen LogP contribution >= 0.6 is 0 Å². The second-order valence-corrected chi connectivity index (χ2v) is 6.71. The summed E-state index contributed by atoms with van der Waals surface area (Å²) in [5.41, 5.74) is 0. The first-order chi connectivity index (χ1) is 7.84. The number of fused-ring (bicyclic) bond motifs is 2. The maximum absolute atomic E-state index is 2.76. The SMILES string of the molecule is CC1CCCCC1C1CCC2[B]C1CCC2. The van der Waals surface area contributed by atoms with Crippen LogP contribution in [0.5, 0.6) is 0 Å². The molecule has 2 aliphatic heterocycles. The summed E-state index contributed by atoms with van der Waals surface area (Å²) in [6.07, 6.45) is 13.7. The van der Waals surface area contributed by atoms with Gasteiger partial charge in [-0.2, -0.15) is 0 Å². The van der Waals surface area contributed by atoms with E-state index in [0.29, 0.717) is 0 Å². The second kappa shape index (κ2) is 4.74. The fraction of sp³-hybridized carbons (Fsp3) is 1.00. The van der Waals surface area contributed by atoms with Gasteiger partial charge in [0.2, 0.25) is 0 Å². The maximum atomic E-state index is 2.76. The monoisotopic (exact) mass is 217 g/mol. The highest BCUT2D eigenvalue weighted by Crippen LogP contribution is 2.51. The van der Waals surface area contributed by atoms with Crippen molar-refractivity contribution in [3.63, 3.8) is 0 Å². The lowest BCUT2D eigenvalue weighted by Gasteiger charge is -2.46. The van der Waals surface area contributed by atoms with Crippen LogP contribution in [0.4, 0.5) is 0 Å². The van der Waals surface area contributed by atoms with Crippen LogP contribution in [0.15, 0.2) is 0 Å². The van der Waals surface area contributed by atoms with Crippen molar-refractivity contribution in [3.8, 4) is 0 Å². The van der Waals surface area contributed by atoms with E-state index < -0.39 is 0 Å². The summed E-state index contributed by atoms with van der Waals surface area (Å²) in [4.78, 5) is 0. The second-order valence-electron chi connectivity index (χ2n) is 6.71. The smallest absolute Gasteiger partial charge is 0.0686 e. The molecule has 1 aliphatic carbocycles. The Balaban J connectivity index is 1.68. The van der Waals surface area contributed by atoms with Crippen LogP contribution in [-0.2, 0) is 0 Å². The van der Waals surface area contributed by atoms with Gasteiger partial charge in [-0.3, -0.25) is 0 Å². The zero-order valence-corrected chi connectivity index (χ0v) is 10.8. The molecule has 3 fully saturated rings. The van der Waals surface area contributed by atoms with Crippen molar-refractivity contribution in [3.05, 3.63) is 0 Å². The van der Waals surface area contributed by atoms with Gasteiger partial charge in [-0.05, 0) is 24.2 Å². The maximum Gasteiger partial charge on any atom is 0.118 e. The zero-order chi connectivity index (χ0) is 11.0. The van der Waals surface area contributed by atoms with Crippen molar-refractivity contribution in [2.24, 2.45) is 17.8 Å². The molecule has 0 spiro atoms. The standard InChI is InChI=1S/C15H26B/c1-11-5-2-3-7-13(11)14-10-9-12-6-4-8-15(14)16-12/h11-15H,2-10H2,1H3. The molecule has 5 atom stereocenters. The Bertz CT molecular complexity index is 238. The van der Waals surface area contributed by atoms with Crippen LogP contribution in [0.3, 0.4) is 0 Å². The average Bonchev–Trinajstić information content (AvgIpc) is 2.31. The Labute approximate surface area is 102 Å².